The Morgan fingerprint density at radius 3 is 2.26 bits per heavy atom. The van der Waals surface area contributed by atoms with Gasteiger partial charge in [0.2, 0.25) is 0 Å². The van der Waals surface area contributed by atoms with Crippen molar-refractivity contribution in [1.29, 1.82) is 0 Å². The van der Waals surface area contributed by atoms with Gasteiger partial charge in [0.1, 0.15) is 6.10 Å². The second-order valence-electron chi connectivity index (χ2n) is 15.7. The van der Waals surface area contributed by atoms with Crippen molar-refractivity contribution in [3.05, 3.63) is 11.1 Å². The smallest absolute Gasteiger partial charge is 0.309 e. The summed E-state index contributed by atoms with van der Waals surface area (Å²) in [4.78, 5) is 12.8. The number of carbonyl (C=O) groups excluding carboxylic acids is 1. The molecule has 1 saturated heterocycles. The third-order valence-electron chi connectivity index (χ3n) is 13.1. The topological polar surface area (TPSA) is 46.5 Å². The average Bonchev–Trinajstić information content (AvgIpc) is 3.28. The fraction of sp³-hybridized carbons (Fsp3) is 0.906. The van der Waals surface area contributed by atoms with E-state index in [-0.39, 0.29) is 51.2 Å². The van der Waals surface area contributed by atoms with Gasteiger partial charge in [-0.3, -0.25) is 4.79 Å². The van der Waals surface area contributed by atoms with E-state index in [1.165, 1.54) is 38.5 Å². The number of aliphatic hydroxyl groups excluding tert-OH is 1. The van der Waals surface area contributed by atoms with Crippen LogP contribution in [-0.2, 0) is 9.53 Å². The van der Waals surface area contributed by atoms with E-state index >= 15 is 0 Å². The molecule has 5 rings (SSSR count). The minimum atomic E-state index is -0.171. The summed E-state index contributed by atoms with van der Waals surface area (Å²) in [5.74, 6) is 1.65. The van der Waals surface area contributed by atoms with E-state index in [1.54, 1.807) is 11.1 Å². The minimum Gasteiger partial charge on any atom is -0.462 e. The van der Waals surface area contributed by atoms with Gasteiger partial charge in [-0.1, -0.05) is 73.5 Å². The molecule has 1 heterocycles. The molecule has 0 radical (unpaired) electrons. The molecular weight excluding hydrogens is 432 g/mol. The maximum atomic E-state index is 12.8. The van der Waals surface area contributed by atoms with Crippen LogP contribution in [0.25, 0.3) is 0 Å². The summed E-state index contributed by atoms with van der Waals surface area (Å²) in [6.45, 7) is 21.3. The third kappa shape index (κ3) is 3.41. The Hall–Kier alpha value is -0.830. The van der Waals surface area contributed by atoms with Crippen molar-refractivity contribution >= 4 is 5.97 Å². The summed E-state index contributed by atoms with van der Waals surface area (Å²) in [5, 5.41) is 10.9. The van der Waals surface area contributed by atoms with Gasteiger partial charge in [-0.25, -0.2) is 0 Å². The molecule has 0 unspecified atom stereocenters. The number of cyclic esters (lactones) is 1. The summed E-state index contributed by atoms with van der Waals surface area (Å²) in [5.41, 5.74) is 4.30. The van der Waals surface area contributed by atoms with Gasteiger partial charge < -0.3 is 9.84 Å². The van der Waals surface area contributed by atoms with Gasteiger partial charge in [0.15, 0.2) is 0 Å². The van der Waals surface area contributed by atoms with Crippen molar-refractivity contribution in [2.24, 2.45) is 50.7 Å². The monoisotopic (exact) mass is 484 g/mol. The highest BCUT2D eigenvalue weighted by Crippen LogP contribution is 2.72. The highest BCUT2D eigenvalue weighted by Gasteiger charge is 2.64. The predicted octanol–water partition coefficient (Wildman–Crippen LogP) is 7.71. The molecule has 0 aromatic rings. The first-order chi connectivity index (χ1) is 16.1. The van der Waals surface area contributed by atoms with E-state index in [0.29, 0.717) is 17.8 Å². The van der Waals surface area contributed by atoms with Gasteiger partial charge in [-0.15, -0.1) is 0 Å². The first-order valence-electron chi connectivity index (χ1n) is 14.7. The number of carbonyl (C=O) groups is 1. The van der Waals surface area contributed by atoms with Crippen LogP contribution < -0.4 is 0 Å². The van der Waals surface area contributed by atoms with Crippen molar-refractivity contribution in [2.45, 2.75) is 132 Å². The summed E-state index contributed by atoms with van der Waals surface area (Å²) in [7, 11) is 0. The van der Waals surface area contributed by atoms with Crippen LogP contribution in [0.3, 0.4) is 0 Å². The molecule has 1 aliphatic heterocycles. The van der Waals surface area contributed by atoms with Gasteiger partial charge in [0, 0.05) is 0 Å². The molecule has 5 aliphatic rings. The molecule has 0 aromatic heterocycles. The third-order valence-corrected chi connectivity index (χ3v) is 13.1. The van der Waals surface area contributed by atoms with Crippen LogP contribution in [0, 0.1) is 50.7 Å². The second-order valence-corrected chi connectivity index (χ2v) is 15.7. The van der Waals surface area contributed by atoms with Crippen LogP contribution in [-0.4, -0.2) is 23.3 Å². The number of esters is 1. The Balaban J connectivity index is 1.45. The number of rotatable bonds is 2. The van der Waals surface area contributed by atoms with Gasteiger partial charge in [0.05, 0.1) is 12.0 Å². The van der Waals surface area contributed by atoms with E-state index in [4.69, 9.17) is 4.74 Å². The molecule has 35 heavy (non-hydrogen) atoms. The standard InChI is InChI=1S/C32H52O3/c1-19(24-18-23(27(34)35-24)28(2,3)4)20-12-16-32(9)22-10-11-25-29(5,6)26(33)14-15-30(25,7)21(22)13-17-31(20,32)8/h19-20,23-26,33H,10-18H2,1-9H3/t19-,20+,23-,24-,25-,26-,30+,31+,32-/m0/s1. The molecule has 3 nitrogen and oxygen atoms in total. The molecule has 0 amide bonds. The highest BCUT2D eigenvalue weighted by molar-refractivity contribution is 5.75. The zero-order chi connectivity index (χ0) is 25.8. The van der Waals surface area contributed by atoms with E-state index < -0.39 is 0 Å². The van der Waals surface area contributed by atoms with Crippen molar-refractivity contribution in [1.82, 2.24) is 0 Å². The van der Waals surface area contributed by atoms with Crippen LogP contribution in [0.5, 0.6) is 0 Å². The van der Waals surface area contributed by atoms with E-state index in [1.807, 2.05) is 0 Å². The van der Waals surface area contributed by atoms with Crippen LogP contribution in [0.2, 0.25) is 0 Å². The largest absolute Gasteiger partial charge is 0.462 e. The lowest BCUT2D eigenvalue weighted by Gasteiger charge is -2.62. The quantitative estimate of drug-likeness (QED) is 0.322. The molecule has 0 spiro atoms. The van der Waals surface area contributed by atoms with E-state index in [0.717, 1.165) is 19.3 Å². The van der Waals surface area contributed by atoms with Gasteiger partial charge in [-0.05, 0) is 103 Å². The predicted molar refractivity (Wildman–Crippen MR) is 142 cm³/mol. The zero-order valence-corrected chi connectivity index (χ0v) is 24.1. The molecule has 3 heteroatoms. The van der Waals surface area contributed by atoms with Crippen LogP contribution in [0.15, 0.2) is 11.1 Å². The van der Waals surface area contributed by atoms with Gasteiger partial charge >= 0.3 is 5.97 Å². The Bertz CT molecular complexity index is 924. The Labute approximate surface area is 214 Å². The molecule has 1 N–H and O–H groups in total. The number of fused-ring (bicyclic) bond motifs is 4. The number of hydrogen-bond donors (Lipinski definition) is 1. The summed E-state index contributed by atoms with van der Waals surface area (Å²) in [6.07, 6.45) is 10.3. The second kappa shape index (κ2) is 7.84. The lowest BCUT2D eigenvalue weighted by molar-refractivity contribution is -0.149. The lowest BCUT2D eigenvalue weighted by atomic mass is 9.43. The van der Waals surface area contributed by atoms with Crippen LogP contribution >= 0.6 is 0 Å². The summed E-state index contributed by atoms with van der Waals surface area (Å²) >= 11 is 0. The molecule has 3 fully saturated rings. The zero-order valence-electron chi connectivity index (χ0n) is 24.1. The fourth-order valence-electron chi connectivity index (χ4n) is 10.5. The highest BCUT2D eigenvalue weighted by atomic mass is 16.6. The van der Waals surface area contributed by atoms with E-state index in [2.05, 4.69) is 62.3 Å². The fourth-order valence-corrected chi connectivity index (χ4v) is 10.5. The van der Waals surface area contributed by atoms with Crippen LogP contribution in [0.1, 0.15) is 120 Å². The van der Waals surface area contributed by atoms with Crippen LogP contribution in [0.4, 0.5) is 0 Å². The summed E-state index contributed by atoms with van der Waals surface area (Å²) < 4.78 is 6.08. The first kappa shape index (κ1) is 25.8. The number of aliphatic hydroxyl groups is 1. The number of allylic oxidation sites excluding steroid dienone is 2. The number of hydrogen-bond acceptors (Lipinski definition) is 3. The average molecular weight is 485 g/mol. The van der Waals surface area contributed by atoms with E-state index in [9.17, 15) is 9.90 Å². The molecule has 9 atom stereocenters. The Morgan fingerprint density at radius 1 is 0.943 bits per heavy atom. The SMILES string of the molecule is C[C@H]([C@@H]1C[C@H](C(C)(C)C)C(=O)O1)[C@H]1CC[C@@]2(C)C3=C(CC[C@]12C)[C@@]1(C)CC[C@H](O)C(C)(C)[C@@H]1CC3. The summed E-state index contributed by atoms with van der Waals surface area (Å²) in [6, 6.07) is 0. The minimum absolute atomic E-state index is 0.00411. The van der Waals surface area contributed by atoms with Gasteiger partial charge in [-0.2, -0.15) is 0 Å². The maximum Gasteiger partial charge on any atom is 0.309 e. The molecule has 0 bridgehead atoms. The van der Waals surface area contributed by atoms with Crippen molar-refractivity contribution < 1.29 is 14.6 Å². The molecule has 0 aromatic carbocycles. The van der Waals surface area contributed by atoms with Crippen molar-refractivity contribution in [3.8, 4) is 0 Å². The van der Waals surface area contributed by atoms with Crippen molar-refractivity contribution in [2.75, 3.05) is 0 Å². The number of ether oxygens (including phenoxy) is 1. The Kier molecular flexibility index (Phi) is 5.78. The maximum absolute atomic E-state index is 12.8. The van der Waals surface area contributed by atoms with Crippen molar-refractivity contribution in [3.63, 3.8) is 0 Å². The lowest BCUT2D eigenvalue weighted by Crippen LogP contribution is -2.55. The normalized spacial score (nSPS) is 48.2. The molecule has 4 aliphatic carbocycles. The van der Waals surface area contributed by atoms with Gasteiger partial charge in [0.25, 0.3) is 0 Å². The molecule has 198 valence electrons. The molecular formula is C32H52O3. The Morgan fingerprint density at radius 2 is 1.63 bits per heavy atom. The first-order valence-corrected chi connectivity index (χ1v) is 14.7. The molecule has 2 saturated carbocycles.